The standard InChI is InChI=1S/C20H15F2N3O2/c1-25-10-13(9-24-25)12-6-15-16(23-8-12)5-3-11-2-4-14(17(26)7-21)19(22)18(11)20(15)27/h2-6,8-10,17,26H,7H2,1H3. The summed E-state index contributed by atoms with van der Waals surface area (Å²) < 4.78 is 29.4. The second kappa shape index (κ2) is 6.51. The van der Waals surface area contributed by atoms with E-state index in [-0.39, 0.29) is 16.3 Å². The number of aliphatic hydroxyl groups is 1. The summed E-state index contributed by atoms with van der Waals surface area (Å²) >= 11 is 0. The number of aliphatic hydroxyl groups excluding tert-OH is 1. The molecule has 5 nitrogen and oxygen atoms in total. The van der Waals surface area contributed by atoms with E-state index in [2.05, 4.69) is 10.1 Å². The summed E-state index contributed by atoms with van der Waals surface area (Å²) in [6.45, 7) is -1.14. The zero-order valence-corrected chi connectivity index (χ0v) is 14.4. The molecule has 0 saturated carbocycles. The molecule has 1 N–H and O–H groups in total. The van der Waals surface area contributed by atoms with Gasteiger partial charge < -0.3 is 5.11 Å². The number of nitrogens with zero attached hydrogens (tertiary/aromatic N) is 3. The number of benzene rings is 1. The van der Waals surface area contributed by atoms with E-state index >= 15 is 0 Å². The van der Waals surface area contributed by atoms with Gasteiger partial charge in [-0.05, 0) is 17.5 Å². The van der Waals surface area contributed by atoms with Crippen LogP contribution < -0.4 is 5.43 Å². The Labute approximate surface area is 152 Å². The molecule has 0 saturated heterocycles. The molecule has 2 aromatic carbocycles. The van der Waals surface area contributed by atoms with Crippen LogP contribution in [0.15, 0.2) is 53.7 Å². The zero-order valence-electron chi connectivity index (χ0n) is 14.4. The van der Waals surface area contributed by atoms with Crippen LogP contribution in [0, 0.1) is 5.82 Å². The SMILES string of the molecule is Cn1cc(-c2cnc3ccc4ccc(C(O)CF)c(F)c4c(=O)c3c2)cn1. The minimum atomic E-state index is -1.62. The topological polar surface area (TPSA) is 68.0 Å². The third-order valence-electron chi connectivity index (χ3n) is 4.56. The average Bonchev–Trinajstić information content (AvgIpc) is 3.05. The summed E-state index contributed by atoms with van der Waals surface area (Å²) in [7, 11) is 1.78. The maximum atomic E-state index is 14.9. The van der Waals surface area contributed by atoms with Crippen molar-refractivity contribution >= 4 is 21.7 Å². The van der Waals surface area contributed by atoms with Gasteiger partial charge in [-0.25, -0.2) is 8.78 Å². The summed E-state index contributed by atoms with van der Waals surface area (Å²) in [6.07, 6.45) is 3.43. The first-order valence-electron chi connectivity index (χ1n) is 8.28. The predicted octanol–water partition coefficient (Wildman–Crippen LogP) is 3.29. The minimum absolute atomic E-state index is 0.194. The summed E-state index contributed by atoms with van der Waals surface area (Å²) in [5.41, 5.74) is 1.06. The lowest BCUT2D eigenvalue weighted by Gasteiger charge is -2.08. The highest BCUT2D eigenvalue weighted by molar-refractivity contribution is 5.93. The number of pyridine rings is 1. The molecule has 136 valence electrons. The molecule has 0 aliphatic carbocycles. The molecule has 0 spiro atoms. The summed E-state index contributed by atoms with van der Waals surface area (Å²) in [6, 6.07) is 7.65. The van der Waals surface area contributed by atoms with Crippen molar-refractivity contribution in [2.75, 3.05) is 6.67 Å². The van der Waals surface area contributed by atoms with Crippen molar-refractivity contribution in [3.05, 3.63) is 70.5 Å². The van der Waals surface area contributed by atoms with Crippen LogP contribution in [0.5, 0.6) is 0 Å². The lowest BCUT2D eigenvalue weighted by molar-refractivity contribution is 0.138. The third kappa shape index (κ3) is 2.86. The predicted molar refractivity (Wildman–Crippen MR) is 98.6 cm³/mol. The van der Waals surface area contributed by atoms with Gasteiger partial charge in [0.05, 0.1) is 17.1 Å². The van der Waals surface area contributed by atoms with Gasteiger partial charge in [0, 0.05) is 41.5 Å². The molecule has 0 amide bonds. The van der Waals surface area contributed by atoms with Crippen molar-refractivity contribution in [1.29, 1.82) is 0 Å². The molecule has 27 heavy (non-hydrogen) atoms. The Kier molecular flexibility index (Phi) is 4.16. The van der Waals surface area contributed by atoms with Gasteiger partial charge in [-0.3, -0.25) is 14.5 Å². The van der Waals surface area contributed by atoms with E-state index in [0.717, 1.165) is 5.56 Å². The van der Waals surface area contributed by atoms with Gasteiger partial charge in [-0.2, -0.15) is 5.10 Å². The minimum Gasteiger partial charge on any atom is -0.386 e. The normalized spacial score (nSPS) is 12.6. The van der Waals surface area contributed by atoms with E-state index in [1.807, 2.05) is 0 Å². The number of hydrogen-bond acceptors (Lipinski definition) is 4. The first kappa shape index (κ1) is 17.2. The molecule has 2 heterocycles. The largest absolute Gasteiger partial charge is 0.386 e. The van der Waals surface area contributed by atoms with Gasteiger partial charge in [-0.1, -0.05) is 18.2 Å². The second-order valence-electron chi connectivity index (χ2n) is 6.33. The molecule has 7 heteroatoms. The fourth-order valence-corrected chi connectivity index (χ4v) is 3.14. The molecule has 0 fully saturated rings. The van der Waals surface area contributed by atoms with Crippen LogP contribution in [-0.4, -0.2) is 26.5 Å². The van der Waals surface area contributed by atoms with Gasteiger partial charge in [0.25, 0.3) is 0 Å². The summed E-state index contributed by atoms with van der Waals surface area (Å²) in [4.78, 5) is 17.4. The monoisotopic (exact) mass is 367 g/mol. The number of rotatable bonds is 3. The molecule has 0 radical (unpaired) electrons. The van der Waals surface area contributed by atoms with Crippen molar-refractivity contribution in [3.63, 3.8) is 0 Å². The lowest BCUT2D eigenvalue weighted by atomic mass is 10.0. The van der Waals surface area contributed by atoms with Crippen molar-refractivity contribution in [2.45, 2.75) is 6.10 Å². The molecule has 0 aliphatic heterocycles. The van der Waals surface area contributed by atoms with Crippen molar-refractivity contribution in [3.8, 4) is 11.1 Å². The molecular formula is C20H15F2N3O2. The van der Waals surface area contributed by atoms with E-state index in [0.29, 0.717) is 16.5 Å². The van der Waals surface area contributed by atoms with Crippen LogP contribution in [-0.2, 0) is 7.05 Å². The quantitative estimate of drug-likeness (QED) is 0.603. The van der Waals surface area contributed by atoms with Gasteiger partial charge in [-0.15, -0.1) is 0 Å². The Hall–Kier alpha value is -3.19. The summed E-state index contributed by atoms with van der Waals surface area (Å²) in [5.74, 6) is -0.910. The Balaban J connectivity index is 2.06. The fraction of sp³-hybridized carbons (Fsp3) is 0.150. The van der Waals surface area contributed by atoms with E-state index < -0.39 is 24.0 Å². The van der Waals surface area contributed by atoms with E-state index in [1.54, 1.807) is 48.5 Å². The fourth-order valence-electron chi connectivity index (χ4n) is 3.14. The molecule has 0 aliphatic rings. The number of alkyl halides is 1. The molecule has 1 unspecified atom stereocenters. The van der Waals surface area contributed by atoms with Crippen LogP contribution >= 0.6 is 0 Å². The van der Waals surface area contributed by atoms with Crippen LogP contribution in [0.4, 0.5) is 8.78 Å². The number of halogens is 2. The van der Waals surface area contributed by atoms with Crippen molar-refractivity contribution in [1.82, 2.24) is 14.8 Å². The first-order valence-corrected chi connectivity index (χ1v) is 8.28. The van der Waals surface area contributed by atoms with Gasteiger partial charge >= 0.3 is 0 Å². The first-order chi connectivity index (χ1) is 13.0. The molecule has 4 aromatic rings. The lowest BCUT2D eigenvalue weighted by Crippen LogP contribution is -2.07. The number of aryl methyl sites for hydroxylation is 1. The Morgan fingerprint density at radius 2 is 1.96 bits per heavy atom. The number of hydrogen-bond donors (Lipinski definition) is 1. The molecule has 1 atom stereocenters. The Morgan fingerprint density at radius 1 is 1.19 bits per heavy atom. The molecular weight excluding hydrogens is 352 g/mol. The highest BCUT2D eigenvalue weighted by Gasteiger charge is 2.17. The molecule has 0 bridgehead atoms. The number of aromatic nitrogens is 3. The molecule has 2 aromatic heterocycles. The van der Waals surface area contributed by atoms with E-state index in [9.17, 15) is 18.7 Å². The van der Waals surface area contributed by atoms with Gasteiger partial charge in [0.2, 0.25) is 0 Å². The van der Waals surface area contributed by atoms with E-state index in [1.165, 1.54) is 12.1 Å². The second-order valence-corrected chi connectivity index (χ2v) is 6.33. The average molecular weight is 367 g/mol. The maximum Gasteiger partial charge on any atom is 0.198 e. The van der Waals surface area contributed by atoms with Crippen LogP contribution in [0.1, 0.15) is 11.7 Å². The van der Waals surface area contributed by atoms with Crippen molar-refractivity contribution in [2.24, 2.45) is 7.05 Å². The van der Waals surface area contributed by atoms with Gasteiger partial charge in [0.1, 0.15) is 18.6 Å². The smallest absolute Gasteiger partial charge is 0.198 e. The Morgan fingerprint density at radius 3 is 2.67 bits per heavy atom. The van der Waals surface area contributed by atoms with Gasteiger partial charge in [0.15, 0.2) is 5.43 Å². The molecule has 4 rings (SSSR count). The van der Waals surface area contributed by atoms with Crippen LogP contribution in [0.2, 0.25) is 0 Å². The summed E-state index contributed by atoms with van der Waals surface area (Å²) in [5, 5.41) is 14.2. The zero-order chi connectivity index (χ0) is 19.1. The van der Waals surface area contributed by atoms with Crippen LogP contribution in [0.25, 0.3) is 32.8 Å². The highest BCUT2D eigenvalue weighted by Crippen LogP contribution is 2.26. The number of fused-ring (bicyclic) bond motifs is 2. The van der Waals surface area contributed by atoms with Crippen LogP contribution in [0.3, 0.4) is 0 Å². The maximum absolute atomic E-state index is 14.9. The van der Waals surface area contributed by atoms with E-state index in [4.69, 9.17) is 0 Å². The Bertz CT molecular complexity index is 1240. The third-order valence-corrected chi connectivity index (χ3v) is 4.56. The highest BCUT2D eigenvalue weighted by atomic mass is 19.1. The van der Waals surface area contributed by atoms with Crippen molar-refractivity contribution < 1.29 is 13.9 Å².